The summed E-state index contributed by atoms with van der Waals surface area (Å²) in [6, 6.07) is 10.1. The van der Waals surface area contributed by atoms with Crippen LogP contribution in [0.5, 0.6) is 0 Å². The molecule has 20 heavy (non-hydrogen) atoms. The van der Waals surface area contributed by atoms with E-state index in [9.17, 15) is 9.59 Å². The average molecular weight is 382 g/mol. The van der Waals surface area contributed by atoms with Crippen LogP contribution in [0, 0.1) is 10.5 Å². The van der Waals surface area contributed by atoms with Gasteiger partial charge in [0.1, 0.15) is 5.69 Å². The fraction of sp³-hybridized carbons (Fsp3) is 0.0714. The molecule has 0 saturated carbocycles. The second-order valence-corrected chi connectivity index (χ2v) is 5.34. The van der Waals surface area contributed by atoms with Crippen molar-refractivity contribution >= 4 is 40.2 Å². The molecule has 6 heteroatoms. The molecule has 2 rings (SSSR count). The molecule has 5 nitrogen and oxygen atoms in total. The van der Waals surface area contributed by atoms with Crippen LogP contribution in [0.1, 0.15) is 26.5 Å². The lowest BCUT2D eigenvalue weighted by atomic mass is 10.2. The summed E-state index contributed by atoms with van der Waals surface area (Å²) in [6.45, 7) is 1.56. The molecule has 0 unspecified atom stereocenters. The normalized spacial score (nSPS) is 10.1. The van der Waals surface area contributed by atoms with Gasteiger partial charge in [0, 0.05) is 9.26 Å². The van der Waals surface area contributed by atoms with E-state index in [-0.39, 0.29) is 17.2 Å². The van der Waals surface area contributed by atoms with Crippen LogP contribution in [-0.2, 0) is 0 Å². The zero-order valence-corrected chi connectivity index (χ0v) is 12.7. The van der Waals surface area contributed by atoms with E-state index in [1.165, 1.54) is 12.1 Å². The first-order chi connectivity index (χ1) is 9.47. The van der Waals surface area contributed by atoms with Gasteiger partial charge in [-0.1, -0.05) is 6.07 Å². The number of carboxylic acids is 1. The maximum Gasteiger partial charge on any atom is 0.337 e. The van der Waals surface area contributed by atoms with E-state index >= 15 is 0 Å². The highest BCUT2D eigenvalue weighted by Gasteiger charge is 2.13. The van der Waals surface area contributed by atoms with E-state index in [0.717, 1.165) is 3.57 Å². The molecule has 1 aromatic carbocycles. The van der Waals surface area contributed by atoms with Gasteiger partial charge >= 0.3 is 5.97 Å². The first-order valence-corrected chi connectivity index (χ1v) is 6.83. The third-order valence-electron chi connectivity index (χ3n) is 2.63. The van der Waals surface area contributed by atoms with Crippen LogP contribution >= 0.6 is 22.6 Å². The summed E-state index contributed by atoms with van der Waals surface area (Å²) in [4.78, 5) is 26.9. The Morgan fingerprint density at radius 1 is 1.25 bits per heavy atom. The van der Waals surface area contributed by atoms with Crippen molar-refractivity contribution in [3.8, 4) is 0 Å². The molecule has 0 aliphatic heterocycles. The van der Waals surface area contributed by atoms with Crippen LogP contribution in [0.15, 0.2) is 36.4 Å². The summed E-state index contributed by atoms with van der Waals surface area (Å²) >= 11 is 2.15. The molecule has 0 aliphatic carbocycles. The number of nitrogens with zero attached hydrogens (tertiary/aromatic N) is 1. The van der Waals surface area contributed by atoms with E-state index in [1.54, 1.807) is 13.0 Å². The predicted molar refractivity (Wildman–Crippen MR) is 83.0 cm³/mol. The molecule has 102 valence electrons. The number of carbonyl (C=O) groups excluding carboxylic acids is 1. The maximum absolute atomic E-state index is 12.0. The number of aromatic carboxylic acids is 1. The van der Waals surface area contributed by atoms with Crippen LogP contribution in [0.2, 0.25) is 0 Å². The van der Waals surface area contributed by atoms with Gasteiger partial charge in [0.25, 0.3) is 5.91 Å². The Morgan fingerprint density at radius 2 is 2.00 bits per heavy atom. The van der Waals surface area contributed by atoms with Crippen LogP contribution in [-0.4, -0.2) is 22.0 Å². The molecule has 0 spiro atoms. The largest absolute Gasteiger partial charge is 0.478 e. The first-order valence-electron chi connectivity index (χ1n) is 5.75. The van der Waals surface area contributed by atoms with Crippen LogP contribution in [0.25, 0.3) is 0 Å². The topological polar surface area (TPSA) is 79.3 Å². The summed E-state index contributed by atoms with van der Waals surface area (Å²) in [5.74, 6) is -1.42. The van der Waals surface area contributed by atoms with E-state index in [2.05, 4.69) is 32.9 Å². The fourth-order valence-electron chi connectivity index (χ4n) is 1.67. The summed E-state index contributed by atoms with van der Waals surface area (Å²) < 4.78 is 1.01. The van der Waals surface area contributed by atoms with Gasteiger partial charge in [-0.2, -0.15) is 0 Å². The number of anilines is 1. The molecule has 2 N–H and O–H groups in total. The summed E-state index contributed by atoms with van der Waals surface area (Å²) in [5, 5.41) is 11.6. The smallest absolute Gasteiger partial charge is 0.337 e. The minimum atomic E-state index is -1.06. The van der Waals surface area contributed by atoms with Gasteiger partial charge in [0.05, 0.1) is 11.3 Å². The van der Waals surface area contributed by atoms with Gasteiger partial charge in [0.15, 0.2) is 0 Å². The molecule has 1 amide bonds. The molecule has 0 saturated heterocycles. The van der Waals surface area contributed by atoms with E-state index in [4.69, 9.17) is 5.11 Å². The van der Waals surface area contributed by atoms with Crippen molar-refractivity contribution in [3.05, 3.63) is 56.9 Å². The molecular formula is C14H11IN2O3. The molecule has 0 bridgehead atoms. The number of carbonyl (C=O) groups is 2. The zero-order valence-electron chi connectivity index (χ0n) is 10.6. The lowest BCUT2D eigenvalue weighted by Crippen LogP contribution is -2.15. The third kappa shape index (κ3) is 3.32. The molecule has 0 aliphatic rings. The minimum absolute atomic E-state index is 0.0933. The maximum atomic E-state index is 12.0. The highest BCUT2D eigenvalue weighted by molar-refractivity contribution is 14.1. The molecular weight excluding hydrogens is 371 g/mol. The fourth-order valence-corrected chi connectivity index (χ4v) is 2.22. The zero-order chi connectivity index (χ0) is 14.7. The van der Waals surface area contributed by atoms with Crippen LogP contribution in [0.4, 0.5) is 5.69 Å². The van der Waals surface area contributed by atoms with Crippen molar-refractivity contribution in [3.63, 3.8) is 0 Å². The first kappa shape index (κ1) is 14.4. The summed E-state index contributed by atoms with van der Waals surface area (Å²) in [7, 11) is 0. The van der Waals surface area contributed by atoms with Crippen molar-refractivity contribution in [2.75, 3.05) is 5.32 Å². The number of hydrogen-bond donors (Lipinski definition) is 2. The number of carboxylic acid groups (broad SMARTS) is 1. The number of aromatic nitrogens is 1. The van der Waals surface area contributed by atoms with Crippen LogP contribution in [0.3, 0.4) is 0 Å². The Morgan fingerprint density at radius 3 is 2.60 bits per heavy atom. The van der Waals surface area contributed by atoms with Crippen molar-refractivity contribution in [1.82, 2.24) is 4.98 Å². The van der Waals surface area contributed by atoms with E-state index < -0.39 is 5.97 Å². The number of benzene rings is 1. The monoisotopic (exact) mass is 382 g/mol. The van der Waals surface area contributed by atoms with Crippen molar-refractivity contribution in [2.45, 2.75) is 6.92 Å². The Hall–Kier alpha value is -1.96. The quantitative estimate of drug-likeness (QED) is 0.801. The number of aryl methyl sites for hydroxylation is 1. The number of pyridine rings is 1. The predicted octanol–water partition coefficient (Wildman–Crippen LogP) is 2.95. The van der Waals surface area contributed by atoms with Crippen LogP contribution < -0.4 is 5.32 Å². The van der Waals surface area contributed by atoms with Crippen molar-refractivity contribution in [2.24, 2.45) is 0 Å². The summed E-state index contributed by atoms with van der Waals surface area (Å²) in [6.07, 6.45) is 0. The highest BCUT2D eigenvalue weighted by Crippen LogP contribution is 2.14. The van der Waals surface area contributed by atoms with Gasteiger partial charge in [-0.05, 0) is 59.8 Å². The molecule has 2 aromatic rings. The molecule has 0 radical (unpaired) electrons. The Balaban J connectivity index is 2.22. The standard InChI is InChI=1S/C14H11IN2O3/c1-8-11(14(19)20)5-6-12(16-8)13(18)17-10-4-2-3-9(15)7-10/h2-7H,1H3,(H,17,18)(H,19,20). The molecule has 0 atom stereocenters. The highest BCUT2D eigenvalue weighted by atomic mass is 127. The molecule has 0 fully saturated rings. The van der Waals surface area contributed by atoms with Gasteiger partial charge in [-0.25, -0.2) is 9.78 Å². The SMILES string of the molecule is Cc1nc(C(=O)Nc2cccc(I)c2)ccc1C(=O)O. The van der Waals surface area contributed by atoms with E-state index in [0.29, 0.717) is 11.4 Å². The Bertz CT molecular complexity index is 686. The average Bonchev–Trinajstić information content (AvgIpc) is 2.38. The van der Waals surface area contributed by atoms with Gasteiger partial charge in [-0.3, -0.25) is 4.79 Å². The number of amides is 1. The second kappa shape index (κ2) is 6.00. The number of hydrogen-bond acceptors (Lipinski definition) is 3. The lowest BCUT2D eigenvalue weighted by Gasteiger charge is -2.07. The Labute approximate surface area is 129 Å². The molecule has 1 heterocycles. The Kier molecular flexibility index (Phi) is 4.33. The lowest BCUT2D eigenvalue weighted by molar-refractivity contribution is 0.0695. The van der Waals surface area contributed by atoms with Gasteiger partial charge in [0.2, 0.25) is 0 Å². The number of nitrogens with one attached hydrogen (secondary N) is 1. The summed E-state index contributed by atoms with van der Waals surface area (Å²) in [5.41, 5.74) is 1.26. The van der Waals surface area contributed by atoms with Crippen molar-refractivity contribution in [1.29, 1.82) is 0 Å². The van der Waals surface area contributed by atoms with E-state index in [1.807, 2.05) is 18.2 Å². The number of halogens is 1. The number of rotatable bonds is 3. The van der Waals surface area contributed by atoms with Gasteiger partial charge < -0.3 is 10.4 Å². The van der Waals surface area contributed by atoms with Crippen molar-refractivity contribution < 1.29 is 14.7 Å². The minimum Gasteiger partial charge on any atom is -0.478 e. The molecule has 1 aromatic heterocycles. The second-order valence-electron chi connectivity index (χ2n) is 4.10. The van der Waals surface area contributed by atoms with Gasteiger partial charge in [-0.15, -0.1) is 0 Å². The third-order valence-corrected chi connectivity index (χ3v) is 3.30.